The molecule has 1 aliphatic heterocycles. The summed E-state index contributed by atoms with van der Waals surface area (Å²) in [4.78, 5) is 26.5. The van der Waals surface area contributed by atoms with Crippen LogP contribution in [0.4, 0.5) is 10.5 Å². The smallest absolute Gasteiger partial charge is 0.298 e. The Balaban J connectivity index is 1.96. The summed E-state index contributed by atoms with van der Waals surface area (Å²) in [6.07, 6.45) is 1.69. The minimum absolute atomic E-state index is 0.308. The molecule has 7 heteroatoms. The number of benzene rings is 2. The van der Waals surface area contributed by atoms with Gasteiger partial charge in [-0.15, -0.1) is 0 Å². The van der Waals surface area contributed by atoms with E-state index in [1.807, 2.05) is 12.1 Å². The normalized spacial score (nSPS) is 15.8. The third kappa shape index (κ3) is 3.52. The maximum Gasteiger partial charge on any atom is 0.298 e. The van der Waals surface area contributed by atoms with Crippen LogP contribution < -0.4 is 14.4 Å². The van der Waals surface area contributed by atoms with Gasteiger partial charge in [-0.1, -0.05) is 18.2 Å². The fraction of sp³-hybridized carbons (Fsp3) is 0.111. The minimum atomic E-state index is -0.328. The number of anilines is 1. The number of carbonyl (C=O) groups is 2. The number of carbonyl (C=O) groups excluding carboxylic acids is 2. The lowest BCUT2D eigenvalue weighted by molar-refractivity contribution is -0.113. The zero-order valence-electron chi connectivity index (χ0n) is 13.5. The van der Waals surface area contributed by atoms with Gasteiger partial charge in [0.25, 0.3) is 11.1 Å². The van der Waals surface area contributed by atoms with E-state index < -0.39 is 0 Å². The maximum absolute atomic E-state index is 12.6. The van der Waals surface area contributed by atoms with Crippen molar-refractivity contribution >= 4 is 57.3 Å². The van der Waals surface area contributed by atoms with Gasteiger partial charge >= 0.3 is 0 Å². The predicted octanol–water partition coefficient (Wildman–Crippen LogP) is 4.55. The number of ether oxygens (including phenoxy) is 2. The molecule has 128 valence electrons. The molecule has 0 saturated carbocycles. The maximum atomic E-state index is 12.6. The summed E-state index contributed by atoms with van der Waals surface area (Å²) in [6.45, 7) is 0. The lowest BCUT2D eigenvalue weighted by Gasteiger charge is -2.12. The van der Waals surface area contributed by atoms with E-state index in [0.29, 0.717) is 22.1 Å². The van der Waals surface area contributed by atoms with Gasteiger partial charge in [-0.05, 0) is 70.3 Å². The van der Waals surface area contributed by atoms with Gasteiger partial charge in [-0.25, -0.2) is 4.90 Å². The second-order valence-electron chi connectivity index (χ2n) is 5.09. The van der Waals surface area contributed by atoms with Crippen molar-refractivity contribution in [1.29, 1.82) is 0 Å². The lowest BCUT2D eigenvalue weighted by Crippen LogP contribution is -2.27. The number of hydrogen-bond acceptors (Lipinski definition) is 5. The standard InChI is InChI=1S/C18H14INO4S/c1-23-14-9-11(8-13(19)16(14)24-2)10-15-17(21)20(18(22)25-15)12-6-4-3-5-7-12/h3-10H,1-2H3/b15-10-. The SMILES string of the molecule is COc1cc(/C=C2\SC(=O)N(c3ccccc3)C2=O)cc(I)c1OC. The Morgan fingerprint density at radius 3 is 2.44 bits per heavy atom. The summed E-state index contributed by atoms with van der Waals surface area (Å²) in [5, 5.41) is -0.308. The van der Waals surface area contributed by atoms with E-state index in [9.17, 15) is 9.59 Å². The van der Waals surface area contributed by atoms with Gasteiger partial charge in [-0.2, -0.15) is 0 Å². The highest BCUT2D eigenvalue weighted by molar-refractivity contribution is 14.1. The number of rotatable bonds is 4. The van der Waals surface area contributed by atoms with Crippen molar-refractivity contribution < 1.29 is 19.1 Å². The number of halogens is 1. The van der Waals surface area contributed by atoms with Gasteiger partial charge in [0.15, 0.2) is 11.5 Å². The Morgan fingerprint density at radius 1 is 1.08 bits per heavy atom. The molecular weight excluding hydrogens is 453 g/mol. The Kier molecular flexibility index (Phi) is 5.33. The van der Waals surface area contributed by atoms with Crippen molar-refractivity contribution in [3.05, 3.63) is 56.5 Å². The molecule has 1 heterocycles. The molecule has 1 saturated heterocycles. The van der Waals surface area contributed by atoms with Crippen LogP contribution in [0, 0.1) is 3.57 Å². The second-order valence-corrected chi connectivity index (χ2v) is 7.25. The topological polar surface area (TPSA) is 55.8 Å². The van der Waals surface area contributed by atoms with Crippen LogP contribution in [0.15, 0.2) is 47.4 Å². The number of hydrogen-bond donors (Lipinski definition) is 0. The number of nitrogens with zero attached hydrogens (tertiary/aromatic N) is 1. The largest absolute Gasteiger partial charge is 0.493 e. The van der Waals surface area contributed by atoms with Gasteiger partial charge in [0.1, 0.15) is 0 Å². The summed E-state index contributed by atoms with van der Waals surface area (Å²) < 4.78 is 11.5. The van der Waals surface area contributed by atoms with Crippen molar-refractivity contribution in [2.45, 2.75) is 0 Å². The molecule has 0 unspecified atom stereocenters. The Labute approximate surface area is 163 Å². The van der Waals surface area contributed by atoms with Crippen LogP contribution in [0.1, 0.15) is 5.56 Å². The molecule has 0 N–H and O–H groups in total. The van der Waals surface area contributed by atoms with Gasteiger partial charge < -0.3 is 9.47 Å². The first-order valence-corrected chi connectivity index (χ1v) is 9.19. The average Bonchev–Trinajstić information content (AvgIpc) is 2.88. The highest BCUT2D eigenvalue weighted by atomic mass is 127. The number of para-hydroxylation sites is 1. The highest BCUT2D eigenvalue weighted by Gasteiger charge is 2.36. The molecule has 0 radical (unpaired) electrons. The third-order valence-electron chi connectivity index (χ3n) is 3.56. The summed E-state index contributed by atoms with van der Waals surface area (Å²) in [5.41, 5.74) is 1.33. The average molecular weight is 467 g/mol. The van der Waals surface area contributed by atoms with Crippen LogP contribution in [-0.4, -0.2) is 25.4 Å². The molecule has 1 aliphatic rings. The first-order valence-electron chi connectivity index (χ1n) is 7.29. The second kappa shape index (κ2) is 7.49. The van der Waals surface area contributed by atoms with Crippen LogP contribution in [-0.2, 0) is 4.79 Å². The van der Waals surface area contributed by atoms with Gasteiger partial charge in [0.2, 0.25) is 0 Å². The van der Waals surface area contributed by atoms with E-state index in [-0.39, 0.29) is 11.1 Å². The molecule has 0 bridgehead atoms. The first kappa shape index (κ1) is 17.8. The van der Waals surface area contributed by atoms with E-state index in [1.54, 1.807) is 50.6 Å². The summed E-state index contributed by atoms with van der Waals surface area (Å²) in [5.74, 6) is 0.881. The fourth-order valence-corrected chi connectivity index (χ4v) is 4.13. The van der Waals surface area contributed by atoms with Crippen molar-refractivity contribution in [2.24, 2.45) is 0 Å². The third-order valence-corrected chi connectivity index (χ3v) is 5.23. The zero-order chi connectivity index (χ0) is 18.0. The number of thioether (sulfide) groups is 1. The molecule has 0 aliphatic carbocycles. The number of imide groups is 1. The van der Waals surface area contributed by atoms with Crippen molar-refractivity contribution in [3.8, 4) is 11.5 Å². The minimum Gasteiger partial charge on any atom is -0.493 e. The van der Waals surface area contributed by atoms with Gasteiger partial charge in [0.05, 0.1) is 28.4 Å². The molecule has 25 heavy (non-hydrogen) atoms. The van der Waals surface area contributed by atoms with Gasteiger partial charge in [-0.3, -0.25) is 9.59 Å². The van der Waals surface area contributed by atoms with Crippen LogP contribution in [0.25, 0.3) is 6.08 Å². The first-order chi connectivity index (χ1) is 12.0. The Hall–Kier alpha value is -2.00. The Bertz CT molecular complexity index is 867. The predicted molar refractivity (Wildman–Crippen MR) is 107 cm³/mol. The van der Waals surface area contributed by atoms with E-state index in [4.69, 9.17) is 9.47 Å². The van der Waals surface area contributed by atoms with Crippen LogP contribution >= 0.6 is 34.4 Å². The quantitative estimate of drug-likeness (QED) is 0.488. The number of amides is 2. The van der Waals surface area contributed by atoms with E-state index >= 15 is 0 Å². The fourth-order valence-electron chi connectivity index (χ4n) is 2.44. The van der Waals surface area contributed by atoms with Crippen LogP contribution in [0.3, 0.4) is 0 Å². The molecule has 0 atom stereocenters. The molecule has 2 amide bonds. The monoisotopic (exact) mass is 467 g/mol. The highest BCUT2D eigenvalue weighted by Crippen LogP contribution is 2.38. The molecule has 3 rings (SSSR count). The van der Waals surface area contributed by atoms with Crippen molar-refractivity contribution in [1.82, 2.24) is 0 Å². The van der Waals surface area contributed by atoms with Crippen molar-refractivity contribution in [3.63, 3.8) is 0 Å². The van der Waals surface area contributed by atoms with Crippen LogP contribution in [0.2, 0.25) is 0 Å². The van der Waals surface area contributed by atoms with E-state index in [2.05, 4.69) is 22.6 Å². The van der Waals surface area contributed by atoms with E-state index in [1.165, 1.54) is 4.90 Å². The molecule has 2 aromatic rings. The molecule has 2 aromatic carbocycles. The van der Waals surface area contributed by atoms with Gasteiger partial charge in [0, 0.05) is 0 Å². The number of methoxy groups -OCH3 is 2. The molecule has 1 fully saturated rings. The van der Waals surface area contributed by atoms with Crippen LogP contribution in [0.5, 0.6) is 11.5 Å². The molecule has 0 spiro atoms. The molecular formula is C18H14INO4S. The zero-order valence-corrected chi connectivity index (χ0v) is 16.5. The molecule has 5 nitrogen and oxygen atoms in total. The summed E-state index contributed by atoms with van der Waals surface area (Å²) in [6, 6.07) is 12.5. The van der Waals surface area contributed by atoms with E-state index in [0.717, 1.165) is 20.9 Å². The Morgan fingerprint density at radius 2 is 1.80 bits per heavy atom. The summed E-state index contributed by atoms with van der Waals surface area (Å²) in [7, 11) is 3.13. The summed E-state index contributed by atoms with van der Waals surface area (Å²) >= 11 is 3.07. The lowest BCUT2D eigenvalue weighted by atomic mass is 10.2. The van der Waals surface area contributed by atoms with Crippen molar-refractivity contribution in [2.75, 3.05) is 19.1 Å². The molecule has 0 aromatic heterocycles.